The van der Waals surface area contributed by atoms with Gasteiger partial charge in [-0.25, -0.2) is 0 Å². The number of nitrogens with zero attached hydrogens (tertiary/aromatic N) is 2. The van der Waals surface area contributed by atoms with Crippen molar-refractivity contribution >= 4 is 11.6 Å². The van der Waals surface area contributed by atoms with Crippen molar-refractivity contribution in [2.24, 2.45) is 0 Å². The Kier molecular flexibility index (Phi) is 4.53. The highest BCUT2D eigenvalue weighted by molar-refractivity contribution is 6.31. The van der Waals surface area contributed by atoms with E-state index in [0.29, 0.717) is 17.3 Å². The maximum Gasteiger partial charge on any atom is 0.188 e. The van der Waals surface area contributed by atoms with Crippen LogP contribution < -0.4 is 0 Å². The predicted molar refractivity (Wildman–Crippen MR) is 55.7 cm³/mol. The molecule has 1 aromatic rings. The van der Waals surface area contributed by atoms with E-state index in [1.165, 1.54) is 20.4 Å². The smallest absolute Gasteiger partial charge is 0.188 e. The summed E-state index contributed by atoms with van der Waals surface area (Å²) in [5.41, 5.74) is 0.507. The maximum atomic E-state index is 9.97. The highest BCUT2D eigenvalue weighted by Gasteiger charge is 2.26. The van der Waals surface area contributed by atoms with E-state index >= 15 is 0 Å². The molecule has 0 amide bonds. The molecule has 5 nitrogen and oxygen atoms in total. The van der Waals surface area contributed by atoms with E-state index in [0.717, 1.165) is 0 Å². The van der Waals surface area contributed by atoms with Crippen LogP contribution in [-0.4, -0.2) is 35.4 Å². The predicted octanol–water partition coefficient (Wildman–Crippen LogP) is 1.21. The summed E-state index contributed by atoms with van der Waals surface area (Å²) in [5.74, 6) is 0. The summed E-state index contributed by atoms with van der Waals surface area (Å²) in [6.45, 7) is 2.54. The number of methoxy groups -OCH3 is 2. The lowest BCUT2D eigenvalue weighted by Gasteiger charge is -2.20. The molecular weight excluding hydrogens is 220 g/mol. The fraction of sp³-hybridized carbons (Fsp3) is 0.667. The molecular formula is C9H15ClN2O3. The average molecular weight is 235 g/mol. The number of hydrogen-bond donors (Lipinski definition) is 1. The Morgan fingerprint density at radius 1 is 1.53 bits per heavy atom. The molecule has 0 aromatic carbocycles. The van der Waals surface area contributed by atoms with Crippen LogP contribution in [-0.2, 0) is 16.0 Å². The van der Waals surface area contributed by atoms with E-state index in [1.54, 1.807) is 4.68 Å². The second-order valence-electron chi connectivity index (χ2n) is 2.98. The SMILES string of the molecule is CCn1ncc(Cl)c1C(O)C(OC)OC. The van der Waals surface area contributed by atoms with Crippen molar-refractivity contribution in [1.29, 1.82) is 0 Å². The molecule has 1 atom stereocenters. The molecule has 0 aliphatic carbocycles. The third kappa shape index (κ3) is 2.49. The lowest BCUT2D eigenvalue weighted by molar-refractivity contribution is -0.168. The lowest BCUT2D eigenvalue weighted by atomic mass is 10.2. The largest absolute Gasteiger partial charge is 0.381 e. The van der Waals surface area contributed by atoms with Crippen molar-refractivity contribution in [1.82, 2.24) is 9.78 Å². The van der Waals surface area contributed by atoms with Crippen LogP contribution in [0.3, 0.4) is 0 Å². The number of aliphatic hydroxyl groups is 1. The lowest BCUT2D eigenvalue weighted by Crippen LogP contribution is -2.25. The minimum absolute atomic E-state index is 0.406. The zero-order valence-electron chi connectivity index (χ0n) is 8.98. The number of halogens is 1. The Bertz CT molecular complexity index is 312. The van der Waals surface area contributed by atoms with Crippen molar-refractivity contribution in [2.75, 3.05) is 14.2 Å². The standard InChI is InChI=1S/C9H15ClN2O3/c1-4-12-7(6(10)5-11-12)8(13)9(14-2)15-3/h5,8-9,13H,4H2,1-3H3. The fourth-order valence-corrected chi connectivity index (χ4v) is 1.65. The number of ether oxygens (including phenoxy) is 2. The third-order valence-electron chi connectivity index (χ3n) is 2.14. The Morgan fingerprint density at radius 2 is 2.13 bits per heavy atom. The Morgan fingerprint density at radius 3 is 2.60 bits per heavy atom. The van der Waals surface area contributed by atoms with Gasteiger partial charge in [0.05, 0.1) is 16.9 Å². The van der Waals surface area contributed by atoms with Crippen LogP contribution in [0.4, 0.5) is 0 Å². The van der Waals surface area contributed by atoms with Gasteiger partial charge in [-0.05, 0) is 6.92 Å². The van der Waals surface area contributed by atoms with Crippen LogP contribution in [0.2, 0.25) is 5.02 Å². The molecule has 1 aromatic heterocycles. The zero-order valence-corrected chi connectivity index (χ0v) is 9.73. The summed E-state index contributed by atoms with van der Waals surface area (Å²) in [7, 11) is 2.91. The van der Waals surface area contributed by atoms with Gasteiger partial charge in [-0.1, -0.05) is 11.6 Å². The molecule has 0 fully saturated rings. The van der Waals surface area contributed by atoms with Crippen molar-refractivity contribution in [3.05, 3.63) is 16.9 Å². The number of rotatable bonds is 5. The summed E-state index contributed by atoms with van der Waals surface area (Å²) in [4.78, 5) is 0. The minimum Gasteiger partial charge on any atom is -0.381 e. The monoisotopic (exact) mass is 234 g/mol. The maximum absolute atomic E-state index is 9.97. The summed E-state index contributed by atoms with van der Waals surface area (Å²) >= 11 is 5.92. The van der Waals surface area contributed by atoms with Crippen molar-refractivity contribution in [3.63, 3.8) is 0 Å². The van der Waals surface area contributed by atoms with Gasteiger partial charge >= 0.3 is 0 Å². The van der Waals surface area contributed by atoms with Gasteiger partial charge in [0, 0.05) is 20.8 Å². The molecule has 1 heterocycles. The van der Waals surface area contributed by atoms with Gasteiger partial charge in [-0.2, -0.15) is 5.10 Å². The van der Waals surface area contributed by atoms with Gasteiger partial charge in [-0.3, -0.25) is 4.68 Å². The summed E-state index contributed by atoms with van der Waals surface area (Å²) in [6, 6.07) is 0. The van der Waals surface area contributed by atoms with Crippen LogP contribution in [0.25, 0.3) is 0 Å². The first-order valence-corrected chi connectivity index (χ1v) is 4.98. The molecule has 86 valence electrons. The highest BCUT2D eigenvalue weighted by Crippen LogP contribution is 2.26. The molecule has 1 N–H and O–H groups in total. The quantitative estimate of drug-likeness (QED) is 0.778. The zero-order chi connectivity index (χ0) is 11.4. The Balaban J connectivity index is 2.97. The molecule has 0 aliphatic heterocycles. The molecule has 6 heteroatoms. The molecule has 0 bridgehead atoms. The van der Waals surface area contributed by atoms with Crippen LogP contribution >= 0.6 is 11.6 Å². The van der Waals surface area contributed by atoms with Crippen molar-refractivity contribution < 1.29 is 14.6 Å². The van der Waals surface area contributed by atoms with Gasteiger partial charge in [0.15, 0.2) is 6.29 Å². The molecule has 1 unspecified atom stereocenters. The number of hydrogen-bond acceptors (Lipinski definition) is 4. The molecule has 0 spiro atoms. The van der Waals surface area contributed by atoms with Gasteiger partial charge in [0.1, 0.15) is 6.10 Å². The van der Waals surface area contributed by atoms with Crippen LogP contribution in [0, 0.1) is 0 Å². The van der Waals surface area contributed by atoms with E-state index in [-0.39, 0.29) is 0 Å². The number of aromatic nitrogens is 2. The van der Waals surface area contributed by atoms with Crippen LogP contribution in [0.1, 0.15) is 18.7 Å². The molecule has 0 aliphatic rings. The molecule has 0 saturated heterocycles. The molecule has 0 saturated carbocycles. The summed E-state index contributed by atoms with van der Waals surface area (Å²) < 4.78 is 11.5. The summed E-state index contributed by atoms with van der Waals surface area (Å²) in [6.07, 6.45) is -0.203. The normalized spacial score (nSPS) is 13.5. The van der Waals surface area contributed by atoms with Crippen molar-refractivity contribution in [2.45, 2.75) is 25.9 Å². The molecule has 15 heavy (non-hydrogen) atoms. The Hall–Kier alpha value is -0.620. The second-order valence-corrected chi connectivity index (χ2v) is 3.39. The first kappa shape index (κ1) is 12.4. The second kappa shape index (κ2) is 5.46. The van der Waals surface area contributed by atoms with E-state index in [9.17, 15) is 5.11 Å². The van der Waals surface area contributed by atoms with E-state index < -0.39 is 12.4 Å². The number of aliphatic hydroxyl groups excluding tert-OH is 1. The van der Waals surface area contributed by atoms with E-state index in [4.69, 9.17) is 21.1 Å². The van der Waals surface area contributed by atoms with Crippen LogP contribution in [0.5, 0.6) is 0 Å². The topological polar surface area (TPSA) is 56.5 Å². The van der Waals surface area contributed by atoms with Gasteiger partial charge < -0.3 is 14.6 Å². The van der Waals surface area contributed by atoms with E-state index in [1.807, 2.05) is 6.92 Å². The molecule has 1 rings (SSSR count). The van der Waals surface area contributed by atoms with Crippen LogP contribution in [0.15, 0.2) is 6.20 Å². The van der Waals surface area contributed by atoms with Gasteiger partial charge in [-0.15, -0.1) is 0 Å². The highest BCUT2D eigenvalue weighted by atomic mass is 35.5. The van der Waals surface area contributed by atoms with Gasteiger partial charge in [0.2, 0.25) is 0 Å². The third-order valence-corrected chi connectivity index (χ3v) is 2.43. The fourth-order valence-electron chi connectivity index (χ4n) is 1.40. The molecule has 0 radical (unpaired) electrons. The Labute approximate surface area is 93.6 Å². The first-order chi connectivity index (χ1) is 7.15. The minimum atomic E-state index is -0.949. The average Bonchev–Trinajstić information content (AvgIpc) is 2.61. The number of aryl methyl sites for hydroxylation is 1. The van der Waals surface area contributed by atoms with Crippen molar-refractivity contribution in [3.8, 4) is 0 Å². The van der Waals surface area contributed by atoms with E-state index in [2.05, 4.69) is 5.10 Å². The first-order valence-electron chi connectivity index (χ1n) is 4.60. The van der Waals surface area contributed by atoms with Gasteiger partial charge in [0.25, 0.3) is 0 Å². The summed E-state index contributed by atoms with van der Waals surface area (Å²) in [5, 5.41) is 14.4.